The van der Waals surface area contributed by atoms with Gasteiger partial charge in [0.1, 0.15) is 0 Å². The van der Waals surface area contributed by atoms with Crippen LogP contribution in [0.15, 0.2) is 35.4 Å². The van der Waals surface area contributed by atoms with Crippen molar-refractivity contribution in [3.8, 4) is 0 Å². The Balaban J connectivity index is 1.46. The van der Waals surface area contributed by atoms with Gasteiger partial charge >= 0.3 is 0 Å². The number of likely N-dealkylation sites (N-methyl/N-ethyl adjacent to an activating group) is 1. The van der Waals surface area contributed by atoms with Crippen molar-refractivity contribution in [3.63, 3.8) is 0 Å². The maximum Gasteiger partial charge on any atom is 0.234 e. The fraction of sp³-hybridized carbons (Fsp3) is 0.500. The molecule has 1 N–H and O–H groups in total. The zero-order chi connectivity index (χ0) is 18.2. The number of rotatable bonds is 8. The Bertz CT molecular complexity index is 668. The molecule has 0 bridgehead atoms. The topological polar surface area (TPSA) is 76.6 Å². The highest BCUT2D eigenvalue weighted by molar-refractivity contribution is 7.07. The van der Waals surface area contributed by atoms with Crippen molar-refractivity contribution in [1.82, 2.24) is 20.2 Å². The summed E-state index contributed by atoms with van der Waals surface area (Å²) < 4.78 is 11.5. The van der Waals surface area contributed by atoms with Gasteiger partial charge in [0.25, 0.3) is 0 Å². The molecule has 0 unspecified atom stereocenters. The summed E-state index contributed by atoms with van der Waals surface area (Å²) in [6.07, 6.45) is 4.22. The standard InChI is InChI=1S/C18H24N4O3S/c1-22(8-14-2-5-19-6-3-14)9-18(23)21-16-11-24-7-4-17(16)25-10-15-12-26-13-20-15/h2-3,5-6,12-13,16-17H,4,7-11H2,1H3,(H,21,23)/t16-,17+/m1/s1. The first-order chi connectivity index (χ1) is 12.7. The van der Waals surface area contributed by atoms with Crippen LogP contribution in [0.25, 0.3) is 0 Å². The molecule has 2 aromatic heterocycles. The molecule has 1 saturated heterocycles. The lowest BCUT2D eigenvalue weighted by molar-refractivity contribution is -0.127. The average Bonchev–Trinajstić information content (AvgIpc) is 3.15. The molecule has 0 saturated carbocycles. The van der Waals surface area contributed by atoms with Crippen LogP contribution >= 0.6 is 11.3 Å². The molecule has 1 fully saturated rings. The maximum absolute atomic E-state index is 12.4. The van der Waals surface area contributed by atoms with E-state index in [2.05, 4.69) is 15.3 Å². The van der Waals surface area contributed by atoms with E-state index in [1.807, 2.05) is 29.5 Å². The van der Waals surface area contributed by atoms with E-state index < -0.39 is 0 Å². The highest BCUT2D eigenvalue weighted by Gasteiger charge is 2.28. The summed E-state index contributed by atoms with van der Waals surface area (Å²) in [5, 5.41) is 5.03. The molecule has 2 atom stereocenters. The van der Waals surface area contributed by atoms with Crippen LogP contribution in [0.5, 0.6) is 0 Å². The second-order valence-electron chi connectivity index (χ2n) is 6.39. The highest BCUT2D eigenvalue weighted by Crippen LogP contribution is 2.15. The van der Waals surface area contributed by atoms with Gasteiger partial charge in [-0.25, -0.2) is 4.98 Å². The minimum atomic E-state index is -0.135. The zero-order valence-electron chi connectivity index (χ0n) is 14.8. The van der Waals surface area contributed by atoms with Gasteiger partial charge < -0.3 is 14.8 Å². The van der Waals surface area contributed by atoms with E-state index in [1.54, 1.807) is 29.2 Å². The predicted octanol–water partition coefficient (Wildman–Crippen LogP) is 1.46. The van der Waals surface area contributed by atoms with Crippen molar-refractivity contribution < 1.29 is 14.3 Å². The van der Waals surface area contributed by atoms with Gasteiger partial charge in [-0.3, -0.25) is 14.7 Å². The van der Waals surface area contributed by atoms with Gasteiger partial charge in [-0.1, -0.05) is 0 Å². The van der Waals surface area contributed by atoms with Crippen molar-refractivity contribution in [1.29, 1.82) is 0 Å². The number of nitrogens with zero attached hydrogens (tertiary/aromatic N) is 3. The van der Waals surface area contributed by atoms with E-state index in [4.69, 9.17) is 9.47 Å². The summed E-state index contributed by atoms with van der Waals surface area (Å²) in [4.78, 5) is 22.6. The molecule has 26 heavy (non-hydrogen) atoms. The molecule has 0 radical (unpaired) electrons. The SMILES string of the molecule is CN(CC(=O)N[C@@H]1COCC[C@@H]1OCc1cscn1)Cc1ccncc1. The lowest BCUT2D eigenvalue weighted by Crippen LogP contribution is -2.52. The first-order valence-electron chi connectivity index (χ1n) is 8.64. The van der Waals surface area contributed by atoms with Crippen molar-refractivity contribution in [2.75, 3.05) is 26.8 Å². The van der Waals surface area contributed by atoms with Gasteiger partial charge in [-0.2, -0.15) is 0 Å². The lowest BCUT2D eigenvalue weighted by atomic mass is 10.1. The van der Waals surface area contributed by atoms with Gasteiger partial charge in [-0.15, -0.1) is 11.3 Å². The first-order valence-corrected chi connectivity index (χ1v) is 9.58. The number of carbonyl (C=O) groups is 1. The Morgan fingerprint density at radius 1 is 1.46 bits per heavy atom. The summed E-state index contributed by atoms with van der Waals surface area (Å²) in [6, 6.07) is 3.77. The Hall–Kier alpha value is -1.87. The number of ether oxygens (including phenoxy) is 2. The molecule has 3 heterocycles. The summed E-state index contributed by atoms with van der Waals surface area (Å²) in [6.45, 7) is 2.60. The monoisotopic (exact) mass is 376 g/mol. The molecule has 0 aliphatic carbocycles. The third-order valence-electron chi connectivity index (χ3n) is 4.18. The number of hydrogen-bond acceptors (Lipinski definition) is 7. The molecule has 0 spiro atoms. The molecule has 1 amide bonds. The lowest BCUT2D eigenvalue weighted by Gasteiger charge is -2.32. The molecule has 8 heteroatoms. The van der Waals surface area contributed by atoms with Crippen LogP contribution in [0, 0.1) is 0 Å². The number of hydrogen-bond donors (Lipinski definition) is 1. The average molecular weight is 376 g/mol. The van der Waals surface area contributed by atoms with Crippen LogP contribution in [-0.4, -0.2) is 59.7 Å². The number of amides is 1. The highest BCUT2D eigenvalue weighted by atomic mass is 32.1. The fourth-order valence-electron chi connectivity index (χ4n) is 2.91. The molecule has 2 aromatic rings. The third-order valence-corrected chi connectivity index (χ3v) is 4.82. The molecule has 1 aliphatic rings. The molecule has 0 aromatic carbocycles. The van der Waals surface area contributed by atoms with E-state index in [0.29, 0.717) is 32.9 Å². The van der Waals surface area contributed by atoms with Crippen molar-refractivity contribution in [2.24, 2.45) is 0 Å². The fourth-order valence-corrected chi connectivity index (χ4v) is 3.45. The van der Waals surface area contributed by atoms with E-state index >= 15 is 0 Å². The Morgan fingerprint density at radius 2 is 2.31 bits per heavy atom. The number of thiazole rings is 1. The van der Waals surface area contributed by atoms with Crippen LogP contribution in [0.4, 0.5) is 0 Å². The van der Waals surface area contributed by atoms with Gasteiger partial charge in [0.05, 0.1) is 43.1 Å². The number of pyridine rings is 1. The maximum atomic E-state index is 12.4. The summed E-state index contributed by atoms with van der Waals surface area (Å²) in [5.74, 6) is -0.0284. The van der Waals surface area contributed by atoms with Crippen LogP contribution in [0.1, 0.15) is 17.7 Å². The van der Waals surface area contributed by atoms with E-state index in [1.165, 1.54) is 0 Å². The first kappa shape index (κ1) is 18.9. The van der Waals surface area contributed by atoms with Crippen molar-refractivity contribution in [3.05, 3.63) is 46.7 Å². The third kappa shape index (κ3) is 5.84. The van der Waals surface area contributed by atoms with Gasteiger partial charge in [0.2, 0.25) is 5.91 Å². The Morgan fingerprint density at radius 3 is 3.08 bits per heavy atom. The van der Waals surface area contributed by atoms with Crippen molar-refractivity contribution in [2.45, 2.75) is 31.7 Å². The summed E-state index contributed by atoms with van der Waals surface area (Å²) in [5.41, 5.74) is 3.84. The van der Waals surface area contributed by atoms with Gasteiger partial charge in [-0.05, 0) is 31.2 Å². The number of nitrogens with one attached hydrogen (secondary N) is 1. The van der Waals surface area contributed by atoms with E-state index in [-0.39, 0.29) is 18.1 Å². The van der Waals surface area contributed by atoms with Crippen molar-refractivity contribution >= 4 is 17.2 Å². The van der Waals surface area contributed by atoms with Gasteiger partial charge in [0.15, 0.2) is 0 Å². The molecule has 7 nitrogen and oxygen atoms in total. The molecule has 3 rings (SSSR count). The van der Waals surface area contributed by atoms with E-state index in [0.717, 1.165) is 17.7 Å². The van der Waals surface area contributed by atoms with E-state index in [9.17, 15) is 4.79 Å². The number of aromatic nitrogens is 2. The largest absolute Gasteiger partial charge is 0.379 e. The van der Waals surface area contributed by atoms with Gasteiger partial charge in [0, 0.05) is 30.9 Å². The molecule has 1 aliphatic heterocycles. The van der Waals surface area contributed by atoms with Crippen LogP contribution in [-0.2, 0) is 27.4 Å². The summed E-state index contributed by atoms with van der Waals surface area (Å²) >= 11 is 1.55. The smallest absolute Gasteiger partial charge is 0.234 e. The number of carbonyl (C=O) groups excluding carboxylic acids is 1. The summed E-state index contributed by atoms with van der Waals surface area (Å²) in [7, 11) is 1.92. The minimum Gasteiger partial charge on any atom is -0.379 e. The molecular formula is C18H24N4O3S. The second-order valence-corrected chi connectivity index (χ2v) is 7.11. The molecular weight excluding hydrogens is 352 g/mol. The van der Waals surface area contributed by atoms with Crippen LogP contribution in [0.3, 0.4) is 0 Å². The second kappa shape index (κ2) is 9.72. The quantitative estimate of drug-likeness (QED) is 0.752. The predicted molar refractivity (Wildman–Crippen MR) is 98.6 cm³/mol. The minimum absolute atomic E-state index is 0.0284. The van der Waals surface area contributed by atoms with Crippen LogP contribution < -0.4 is 5.32 Å². The Kier molecular flexibility index (Phi) is 7.07. The normalized spacial score (nSPS) is 20.2. The Labute approximate surface area is 157 Å². The van der Waals surface area contributed by atoms with Crippen LogP contribution in [0.2, 0.25) is 0 Å². The zero-order valence-corrected chi connectivity index (χ0v) is 15.7. The molecule has 140 valence electrons.